The molecule has 0 spiro atoms. The normalized spacial score (nSPS) is 12.9. The molecule has 1 aromatic heterocycles. The van der Waals surface area contributed by atoms with Crippen LogP contribution in [0.15, 0.2) is 5.16 Å². The van der Waals surface area contributed by atoms with Gasteiger partial charge < -0.3 is 9.30 Å². The Kier molecular flexibility index (Phi) is 4.74. The molecule has 0 amide bonds. The monoisotopic (exact) mass is 295 g/mol. The molecule has 0 radical (unpaired) electrons. The molecule has 0 bridgehead atoms. The maximum Gasteiger partial charge on any atom is 0.296 e. The van der Waals surface area contributed by atoms with Gasteiger partial charge in [-0.05, 0) is 20.3 Å². The van der Waals surface area contributed by atoms with E-state index in [0.717, 1.165) is 6.42 Å². The van der Waals surface area contributed by atoms with Gasteiger partial charge in [-0.25, -0.2) is 8.42 Å². The van der Waals surface area contributed by atoms with Gasteiger partial charge in [-0.15, -0.1) is 10.2 Å². The molecule has 1 aromatic rings. The summed E-state index contributed by atoms with van der Waals surface area (Å²) < 4.78 is 29.6. The second-order valence-electron chi connectivity index (χ2n) is 4.63. The van der Waals surface area contributed by atoms with Crippen molar-refractivity contribution in [3.8, 4) is 0 Å². The highest BCUT2D eigenvalue weighted by Crippen LogP contribution is 2.19. The van der Waals surface area contributed by atoms with E-state index in [4.69, 9.17) is 15.4 Å². The van der Waals surface area contributed by atoms with Crippen molar-refractivity contribution in [1.82, 2.24) is 14.8 Å². The summed E-state index contributed by atoms with van der Waals surface area (Å²) in [5, 5.41) is 7.36. The zero-order chi connectivity index (χ0) is 14.0. The van der Waals surface area contributed by atoms with Gasteiger partial charge in [0.15, 0.2) is 0 Å². The highest BCUT2D eigenvalue weighted by molar-refractivity contribution is 8.13. The molecule has 0 aliphatic carbocycles. The first-order valence-electron chi connectivity index (χ1n) is 5.63. The van der Waals surface area contributed by atoms with E-state index >= 15 is 0 Å². The van der Waals surface area contributed by atoms with E-state index in [1.807, 2.05) is 20.8 Å². The number of aromatic nitrogens is 3. The standard InChI is InChI=1S/C10H18ClN3O3S/c1-5-6-14-8(7-10(2,3)17-4)12-13-9(14)18(11,15)16/h5-7H2,1-4H3. The second kappa shape index (κ2) is 5.54. The van der Waals surface area contributed by atoms with Gasteiger partial charge in [0.1, 0.15) is 5.82 Å². The molecule has 1 rings (SSSR count). The Morgan fingerprint density at radius 3 is 2.44 bits per heavy atom. The quantitative estimate of drug-likeness (QED) is 0.745. The third-order valence-electron chi connectivity index (χ3n) is 2.60. The van der Waals surface area contributed by atoms with Crippen LogP contribution in [0.25, 0.3) is 0 Å². The van der Waals surface area contributed by atoms with Crippen molar-refractivity contribution >= 4 is 19.7 Å². The van der Waals surface area contributed by atoms with E-state index in [2.05, 4.69) is 10.2 Å². The molecule has 0 saturated heterocycles. The Morgan fingerprint density at radius 2 is 2.00 bits per heavy atom. The Balaban J connectivity index is 3.18. The van der Waals surface area contributed by atoms with Gasteiger partial charge in [0.05, 0.1) is 5.60 Å². The van der Waals surface area contributed by atoms with Crippen molar-refractivity contribution in [2.45, 2.75) is 50.9 Å². The molecule has 0 unspecified atom stereocenters. The topological polar surface area (TPSA) is 74.1 Å². The lowest BCUT2D eigenvalue weighted by Gasteiger charge is -2.22. The van der Waals surface area contributed by atoms with Crippen LogP contribution >= 0.6 is 10.7 Å². The molecular formula is C10H18ClN3O3S. The molecule has 8 heteroatoms. The molecule has 1 heterocycles. The summed E-state index contributed by atoms with van der Waals surface area (Å²) in [6, 6.07) is 0. The van der Waals surface area contributed by atoms with Crippen LogP contribution in [0.1, 0.15) is 33.0 Å². The lowest BCUT2D eigenvalue weighted by Crippen LogP contribution is -2.27. The summed E-state index contributed by atoms with van der Waals surface area (Å²) in [5.41, 5.74) is -0.439. The highest BCUT2D eigenvalue weighted by Gasteiger charge is 2.26. The summed E-state index contributed by atoms with van der Waals surface area (Å²) in [7, 11) is 3.06. The maximum atomic E-state index is 11.4. The molecule has 0 saturated carbocycles. The fourth-order valence-electron chi connectivity index (χ4n) is 1.53. The van der Waals surface area contributed by atoms with Crippen molar-refractivity contribution in [3.63, 3.8) is 0 Å². The van der Waals surface area contributed by atoms with Crippen LogP contribution in [0.2, 0.25) is 0 Å². The first kappa shape index (κ1) is 15.4. The van der Waals surface area contributed by atoms with E-state index in [-0.39, 0.29) is 5.16 Å². The van der Waals surface area contributed by atoms with Crippen molar-refractivity contribution in [3.05, 3.63) is 5.82 Å². The third-order valence-corrected chi connectivity index (χ3v) is 3.75. The van der Waals surface area contributed by atoms with Crippen LogP contribution in [-0.4, -0.2) is 35.9 Å². The van der Waals surface area contributed by atoms with Crippen LogP contribution in [0.3, 0.4) is 0 Å². The molecule has 0 fully saturated rings. The second-order valence-corrected chi connectivity index (χ2v) is 7.09. The lowest BCUT2D eigenvalue weighted by molar-refractivity contribution is 0.0207. The lowest BCUT2D eigenvalue weighted by atomic mass is 10.1. The molecule has 104 valence electrons. The Bertz CT molecular complexity index is 510. The summed E-state index contributed by atoms with van der Waals surface area (Å²) in [5.74, 6) is 0.558. The molecule has 0 aromatic carbocycles. The molecule has 0 aliphatic rings. The first-order valence-corrected chi connectivity index (χ1v) is 7.94. The SMILES string of the molecule is CCCn1c(CC(C)(C)OC)nnc1S(=O)(=O)Cl. The number of hydrogen-bond acceptors (Lipinski definition) is 5. The molecular weight excluding hydrogens is 278 g/mol. The molecule has 0 N–H and O–H groups in total. The number of methoxy groups -OCH3 is 1. The predicted octanol–water partition coefficient (Wildman–Crippen LogP) is 1.58. The van der Waals surface area contributed by atoms with Gasteiger partial charge in [0.2, 0.25) is 0 Å². The Labute approximate surface area is 112 Å². The molecule has 0 aliphatic heterocycles. The zero-order valence-electron chi connectivity index (χ0n) is 11.0. The van der Waals surface area contributed by atoms with Crippen molar-refractivity contribution < 1.29 is 13.2 Å². The van der Waals surface area contributed by atoms with E-state index < -0.39 is 14.7 Å². The van der Waals surface area contributed by atoms with Gasteiger partial charge in [-0.3, -0.25) is 0 Å². The first-order chi connectivity index (χ1) is 8.21. The summed E-state index contributed by atoms with van der Waals surface area (Å²) in [6.07, 6.45) is 1.22. The predicted molar refractivity (Wildman–Crippen MR) is 68.1 cm³/mol. The van der Waals surface area contributed by atoms with Crippen molar-refractivity contribution in [1.29, 1.82) is 0 Å². The Morgan fingerprint density at radius 1 is 1.39 bits per heavy atom. The smallest absolute Gasteiger partial charge is 0.296 e. The number of nitrogens with zero attached hydrogens (tertiary/aromatic N) is 3. The number of rotatable bonds is 6. The molecule has 18 heavy (non-hydrogen) atoms. The summed E-state index contributed by atoms with van der Waals surface area (Å²) >= 11 is 0. The Hall–Kier alpha value is -0.660. The van der Waals surface area contributed by atoms with E-state index in [1.54, 1.807) is 7.11 Å². The number of hydrogen-bond donors (Lipinski definition) is 0. The zero-order valence-corrected chi connectivity index (χ0v) is 12.5. The van der Waals surface area contributed by atoms with Crippen LogP contribution in [0, 0.1) is 0 Å². The third kappa shape index (κ3) is 3.66. The average molecular weight is 296 g/mol. The fraction of sp³-hybridized carbons (Fsp3) is 0.800. The summed E-state index contributed by atoms with van der Waals surface area (Å²) in [4.78, 5) is 0. The van der Waals surface area contributed by atoms with Crippen LogP contribution in [0.4, 0.5) is 0 Å². The van der Waals surface area contributed by atoms with Crippen molar-refractivity contribution in [2.75, 3.05) is 7.11 Å². The van der Waals surface area contributed by atoms with E-state index in [1.165, 1.54) is 4.57 Å². The largest absolute Gasteiger partial charge is 0.378 e. The minimum absolute atomic E-state index is 0.201. The van der Waals surface area contributed by atoms with Gasteiger partial charge >= 0.3 is 0 Å². The molecule has 6 nitrogen and oxygen atoms in total. The van der Waals surface area contributed by atoms with Crippen molar-refractivity contribution in [2.24, 2.45) is 0 Å². The van der Waals surface area contributed by atoms with Gasteiger partial charge in [-0.2, -0.15) is 0 Å². The van der Waals surface area contributed by atoms with Crippen LogP contribution in [0.5, 0.6) is 0 Å². The summed E-state index contributed by atoms with van der Waals surface area (Å²) in [6.45, 7) is 6.24. The number of halogens is 1. The minimum Gasteiger partial charge on any atom is -0.378 e. The maximum absolute atomic E-state index is 11.4. The van der Waals surface area contributed by atoms with Gasteiger partial charge in [-0.1, -0.05) is 6.92 Å². The fourth-order valence-corrected chi connectivity index (χ4v) is 2.47. The van der Waals surface area contributed by atoms with Crippen LogP contribution in [-0.2, 0) is 26.8 Å². The van der Waals surface area contributed by atoms with E-state index in [0.29, 0.717) is 18.8 Å². The van der Waals surface area contributed by atoms with Crippen LogP contribution < -0.4 is 0 Å². The highest BCUT2D eigenvalue weighted by atomic mass is 35.7. The minimum atomic E-state index is -3.88. The van der Waals surface area contributed by atoms with Gasteiger partial charge in [0, 0.05) is 30.8 Å². The molecule has 0 atom stereocenters. The number of ether oxygens (including phenoxy) is 1. The van der Waals surface area contributed by atoms with E-state index in [9.17, 15) is 8.42 Å². The van der Waals surface area contributed by atoms with Gasteiger partial charge in [0.25, 0.3) is 14.2 Å². The average Bonchev–Trinajstić information content (AvgIpc) is 2.61.